The van der Waals surface area contributed by atoms with Gasteiger partial charge in [0.25, 0.3) is 13.3 Å². The molecule has 0 aliphatic carbocycles. The maximum Gasteiger partial charge on any atom is 0.394 e. The Morgan fingerprint density at radius 3 is 0.925 bits per heavy atom. The van der Waals surface area contributed by atoms with Crippen LogP contribution >= 0.6 is 0 Å². The Labute approximate surface area is 410 Å². The van der Waals surface area contributed by atoms with E-state index < -0.39 is 10.4 Å². The van der Waals surface area contributed by atoms with Crippen LogP contribution in [0, 0.1) is 0 Å². The fourth-order valence-corrected chi connectivity index (χ4v) is 10.2. The average Bonchev–Trinajstić information content (AvgIpc) is 3.85. The van der Waals surface area contributed by atoms with Crippen molar-refractivity contribution in [1.29, 1.82) is 0 Å². The molecule has 0 aromatic heterocycles. The first-order valence-electron chi connectivity index (χ1n) is 27.8. The molecular weight excluding hydrogens is 865 g/mol. The molecule has 12 nitrogen and oxygen atoms in total. The highest BCUT2D eigenvalue weighted by atomic mass is 32.3. The number of carbonyl (C=O) groups is 2. The summed E-state index contributed by atoms with van der Waals surface area (Å²) >= 11 is 0. The van der Waals surface area contributed by atoms with Crippen LogP contribution in [0.2, 0.25) is 0 Å². The Hall–Kier alpha value is -2.45. The number of rotatable bonds is 38. The number of unbranched alkanes of at least 4 members (excludes halogenated alkanes) is 30. The molecule has 2 amide bonds. The van der Waals surface area contributed by atoms with Gasteiger partial charge in [-0.15, -0.1) is 0 Å². The Morgan fingerprint density at radius 2 is 0.716 bits per heavy atom. The molecule has 0 saturated carbocycles. The number of quaternary nitrogens is 2. The second-order valence-electron chi connectivity index (χ2n) is 20.1. The first-order chi connectivity index (χ1) is 32.5. The molecule has 4 rings (SSSR count). The number of hydrogen-bond acceptors (Lipinski definition) is 6. The number of ether oxygens (including phenoxy) is 2. The van der Waals surface area contributed by atoms with Gasteiger partial charge in [-0.3, -0.25) is 9.11 Å². The zero-order valence-corrected chi connectivity index (χ0v) is 43.9. The van der Waals surface area contributed by atoms with E-state index in [4.69, 9.17) is 27.0 Å². The lowest BCUT2D eigenvalue weighted by atomic mass is 10.0. The van der Waals surface area contributed by atoms with Crippen LogP contribution in [0.4, 0.5) is 0 Å². The summed E-state index contributed by atoms with van der Waals surface area (Å²) in [6.45, 7) is 11.4. The van der Waals surface area contributed by atoms with Gasteiger partial charge >= 0.3 is 22.2 Å². The molecule has 67 heavy (non-hydrogen) atoms. The van der Waals surface area contributed by atoms with E-state index in [2.05, 4.69) is 35.4 Å². The highest BCUT2D eigenvalue weighted by molar-refractivity contribution is 7.79. The highest BCUT2D eigenvalue weighted by Gasteiger charge is 2.45. The lowest BCUT2D eigenvalue weighted by Crippen LogP contribution is -2.53. The van der Waals surface area contributed by atoms with E-state index in [0.29, 0.717) is 34.0 Å². The third kappa shape index (κ3) is 31.4. The van der Waals surface area contributed by atoms with Gasteiger partial charge in [0.1, 0.15) is 12.5 Å². The molecule has 2 N–H and O–H groups in total. The van der Waals surface area contributed by atoms with Gasteiger partial charge in [0.05, 0.1) is 39.0 Å². The van der Waals surface area contributed by atoms with Crippen molar-refractivity contribution in [3.63, 3.8) is 0 Å². The van der Waals surface area contributed by atoms with Gasteiger partial charge in [-0.25, -0.2) is 18.6 Å². The quantitative estimate of drug-likeness (QED) is 0.0270. The lowest BCUT2D eigenvalue weighted by molar-refractivity contribution is -0.920. The summed E-state index contributed by atoms with van der Waals surface area (Å²) in [4.78, 5) is 25.3. The number of carbonyl (C=O) groups excluding carboxylic acids is 2. The third-order valence-corrected chi connectivity index (χ3v) is 14.3. The Kier molecular flexibility index (Phi) is 35.6. The maximum absolute atomic E-state index is 12.6. The summed E-state index contributed by atoms with van der Waals surface area (Å²) in [6, 6.07) is 0. The zero-order chi connectivity index (χ0) is 48.6. The van der Waals surface area contributed by atoms with Crippen molar-refractivity contribution in [3.8, 4) is 0 Å². The molecule has 4 aliphatic heterocycles. The van der Waals surface area contributed by atoms with E-state index in [-0.39, 0.29) is 0 Å². The summed E-state index contributed by atoms with van der Waals surface area (Å²) in [5.41, 5.74) is 0. The van der Waals surface area contributed by atoms with Crippen molar-refractivity contribution >= 4 is 34.6 Å². The smallest absolute Gasteiger partial charge is 0.394 e. The Bertz CT molecular complexity index is 1410. The van der Waals surface area contributed by atoms with Crippen LogP contribution in [-0.4, -0.2) is 113 Å². The number of hydrogen-bond donors (Lipinski definition) is 2. The van der Waals surface area contributed by atoms with E-state index in [1.54, 1.807) is 12.5 Å². The van der Waals surface area contributed by atoms with E-state index in [1.165, 1.54) is 205 Å². The molecule has 0 radical (unpaired) electrons. The molecule has 4 heterocycles. The topological polar surface area (TPSA) is 133 Å². The second-order valence-corrected chi connectivity index (χ2v) is 21.0. The van der Waals surface area contributed by atoms with Crippen molar-refractivity contribution in [3.05, 3.63) is 24.9 Å². The lowest BCUT2D eigenvalue weighted by Gasteiger charge is -2.28. The summed E-state index contributed by atoms with van der Waals surface area (Å²) < 4.78 is 47.7. The second kappa shape index (κ2) is 39.3. The van der Waals surface area contributed by atoms with Gasteiger partial charge < -0.3 is 9.47 Å². The average molecular weight is 967 g/mol. The monoisotopic (exact) mass is 967 g/mol. The van der Waals surface area contributed by atoms with Gasteiger partial charge in [-0.05, 0) is 25.7 Å². The standard InChI is InChI=1S/2C27H50N2O2.H2O4S/c2*1-2-3-4-5-6-7-8-9-10-11-12-13-14-15-16-17-22-29(23-18-19-27(29)30)26-28-20-24-31-25-21-28;1-5(2,3)4/h2*20-21,24H,2-19,22-23,25-26H2,1H3;(H2,1,2,3,4)/q2*+2;. The summed E-state index contributed by atoms with van der Waals surface area (Å²) in [5, 5.41) is 0. The SMILES string of the molecule is CCCCCCCCCCCCCCCCCC[N+]1(C[N+]2=CCOC=C2)CCCC1=O.CCCCCCCCCCCCCCCCCC[N+]1(C[N+]2=CCOC=C2)CCCC1=O.O=S(=O)(O)O. The highest BCUT2D eigenvalue weighted by Crippen LogP contribution is 2.25. The van der Waals surface area contributed by atoms with Gasteiger partial charge in [0.15, 0.2) is 25.6 Å². The maximum atomic E-state index is 12.6. The molecule has 2 saturated heterocycles. The van der Waals surface area contributed by atoms with E-state index in [9.17, 15) is 9.59 Å². The molecule has 388 valence electrons. The molecule has 0 aromatic rings. The molecule has 4 aliphatic rings. The third-order valence-electron chi connectivity index (χ3n) is 14.3. The molecule has 0 spiro atoms. The van der Waals surface area contributed by atoms with Crippen LogP contribution in [0.3, 0.4) is 0 Å². The van der Waals surface area contributed by atoms with Crippen molar-refractivity contribution in [2.45, 2.75) is 245 Å². The first kappa shape index (κ1) is 60.7. The summed E-state index contributed by atoms with van der Waals surface area (Å²) in [6.07, 6.45) is 59.6. The van der Waals surface area contributed by atoms with Gasteiger partial charge in [-0.1, -0.05) is 194 Å². The normalized spacial score (nSPS) is 20.1. The van der Waals surface area contributed by atoms with Crippen LogP contribution in [0.25, 0.3) is 0 Å². The predicted molar refractivity (Wildman–Crippen MR) is 274 cm³/mol. The van der Waals surface area contributed by atoms with Crippen LogP contribution in [0.15, 0.2) is 24.9 Å². The van der Waals surface area contributed by atoms with Crippen LogP contribution in [0.1, 0.15) is 245 Å². The summed E-state index contributed by atoms with van der Waals surface area (Å²) in [5.74, 6) is 0.878. The minimum Gasteiger partial charge on any atom is -0.485 e. The van der Waals surface area contributed by atoms with Crippen molar-refractivity contribution in [2.24, 2.45) is 0 Å². The number of amides is 2. The van der Waals surface area contributed by atoms with Crippen molar-refractivity contribution in [1.82, 2.24) is 0 Å². The van der Waals surface area contributed by atoms with Gasteiger partial charge in [0.2, 0.25) is 12.4 Å². The fourth-order valence-electron chi connectivity index (χ4n) is 10.2. The molecular formula is C54H102N4O8S+4. The van der Waals surface area contributed by atoms with Crippen LogP contribution in [-0.2, 0) is 29.5 Å². The van der Waals surface area contributed by atoms with Gasteiger partial charge in [0, 0.05) is 12.8 Å². The van der Waals surface area contributed by atoms with Crippen LogP contribution < -0.4 is 0 Å². The summed E-state index contributed by atoms with van der Waals surface area (Å²) in [7, 11) is -4.67. The van der Waals surface area contributed by atoms with E-state index in [1.807, 2.05) is 12.4 Å². The molecule has 2 fully saturated rings. The predicted octanol–water partition coefficient (Wildman–Crippen LogP) is 13.2. The largest absolute Gasteiger partial charge is 0.485 e. The number of likely N-dealkylation sites (tertiary alicyclic amines) is 2. The zero-order valence-electron chi connectivity index (χ0n) is 43.1. The number of nitrogens with zero attached hydrogens (tertiary/aromatic N) is 4. The molecule has 0 bridgehead atoms. The van der Waals surface area contributed by atoms with Crippen molar-refractivity contribution < 1.29 is 54.7 Å². The Morgan fingerprint density at radius 1 is 0.463 bits per heavy atom. The van der Waals surface area contributed by atoms with Crippen molar-refractivity contribution in [2.75, 3.05) is 52.7 Å². The molecule has 2 atom stereocenters. The Balaban J connectivity index is 0.000000418. The van der Waals surface area contributed by atoms with E-state index >= 15 is 0 Å². The minimum atomic E-state index is -4.67. The first-order valence-corrected chi connectivity index (χ1v) is 29.2. The molecule has 13 heteroatoms. The minimum absolute atomic E-state index is 0.439. The van der Waals surface area contributed by atoms with Gasteiger partial charge in [-0.2, -0.15) is 17.6 Å². The van der Waals surface area contributed by atoms with E-state index in [0.717, 1.165) is 65.2 Å². The molecule has 0 aromatic carbocycles. The van der Waals surface area contributed by atoms with Crippen LogP contribution in [0.5, 0.6) is 0 Å². The molecule has 2 unspecified atom stereocenters. The fraction of sp³-hybridized carbons (Fsp3) is 0.852.